The van der Waals surface area contributed by atoms with Crippen LogP contribution in [0.25, 0.3) is 11.1 Å². The molecule has 1 aliphatic rings. The zero-order chi connectivity index (χ0) is 33.6. The highest BCUT2D eigenvalue weighted by Crippen LogP contribution is 2.52. The van der Waals surface area contributed by atoms with Gasteiger partial charge in [0.05, 0.1) is 5.56 Å². The van der Waals surface area contributed by atoms with Gasteiger partial charge in [-0.1, -0.05) is 73.6 Å². The predicted octanol–water partition coefficient (Wildman–Crippen LogP) is 12.7. The molecule has 0 amide bonds. The zero-order valence-corrected chi connectivity index (χ0v) is 28.0. The van der Waals surface area contributed by atoms with Crippen molar-refractivity contribution < 1.29 is 13.2 Å². The van der Waals surface area contributed by atoms with Gasteiger partial charge in [-0.05, 0) is 126 Å². The van der Waals surface area contributed by atoms with Gasteiger partial charge >= 0.3 is 6.18 Å². The highest BCUT2D eigenvalue weighted by Gasteiger charge is 2.36. The first-order valence-corrected chi connectivity index (χ1v) is 16.7. The molecule has 240 valence electrons. The van der Waals surface area contributed by atoms with Crippen molar-refractivity contribution in [1.29, 1.82) is 0 Å². The van der Waals surface area contributed by atoms with Crippen LogP contribution in [0.1, 0.15) is 36.1 Å². The smallest absolute Gasteiger partial charge is 0.345 e. The Balaban J connectivity index is 1.21. The second-order valence-electron chi connectivity index (χ2n) is 12.8. The normalized spacial score (nSPS) is 13.1. The lowest BCUT2D eigenvalue weighted by atomic mass is 9.82. The molecule has 0 atom stereocenters. The standard InChI is InChI=1S/C42H35F3N2S/c1-28-10-20-35(21-11-28)48-36-22-16-32(17-23-36)47(31-8-6-5-7-9-31)34-19-25-38-37-24-18-33(26-39(37)41(2,3)40(38)27-34)46(4)30-14-12-29(13-15-30)42(43,44)45/h5-27H,1-4H3. The largest absolute Gasteiger partial charge is 0.416 e. The van der Waals surface area contributed by atoms with Crippen LogP contribution in [-0.4, -0.2) is 7.05 Å². The molecular weight excluding hydrogens is 622 g/mol. The SMILES string of the molecule is Cc1ccc(Sc2ccc(N(c3ccccc3)c3ccc4c(c3)C(C)(C)c3cc(N(C)c5ccc(C(F)(F)F)cc5)ccc3-4)cc2)cc1. The molecule has 0 bridgehead atoms. The van der Waals surface area contributed by atoms with Crippen molar-refractivity contribution in [3.05, 3.63) is 162 Å². The van der Waals surface area contributed by atoms with Crippen LogP contribution in [0.15, 0.2) is 149 Å². The Morgan fingerprint density at radius 3 is 1.60 bits per heavy atom. The van der Waals surface area contributed by atoms with E-state index in [9.17, 15) is 13.2 Å². The van der Waals surface area contributed by atoms with E-state index < -0.39 is 11.7 Å². The molecule has 6 aromatic rings. The molecule has 0 spiro atoms. The van der Waals surface area contributed by atoms with E-state index in [0.29, 0.717) is 5.69 Å². The van der Waals surface area contributed by atoms with Crippen LogP contribution < -0.4 is 9.80 Å². The molecule has 6 heteroatoms. The molecule has 0 N–H and O–H groups in total. The maximum atomic E-state index is 13.2. The van der Waals surface area contributed by atoms with Gasteiger partial charge in [0.25, 0.3) is 0 Å². The Morgan fingerprint density at radius 2 is 1.02 bits per heavy atom. The third-order valence-corrected chi connectivity index (χ3v) is 10.3. The van der Waals surface area contributed by atoms with Crippen LogP contribution >= 0.6 is 11.8 Å². The van der Waals surface area contributed by atoms with Crippen molar-refractivity contribution in [2.45, 2.75) is 42.2 Å². The summed E-state index contributed by atoms with van der Waals surface area (Å²) in [6.45, 7) is 6.59. The van der Waals surface area contributed by atoms with Gasteiger partial charge in [0.15, 0.2) is 0 Å². The Morgan fingerprint density at radius 1 is 0.542 bits per heavy atom. The zero-order valence-electron chi connectivity index (χ0n) is 27.2. The number of rotatable bonds is 7. The van der Waals surface area contributed by atoms with Gasteiger partial charge < -0.3 is 9.80 Å². The molecular formula is C42H35F3N2S. The van der Waals surface area contributed by atoms with Crippen LogP contribution in [0, 0.1) is 6.92 Å². The Labute approximate surface area is 284 Å². The maximum absolute atomic E-state index is 13.2. The molecule has 6 aromatic carbocycles. The topological polar surface area (TPSA) is 6.48 Å². The number of nitrogens with zero attached hydrogens (tertiary/aromatic N) is 2. The van der Waals surface area contributed by atoms with Crippen molar-refractivity contribution in [3.63, 3.8) is 0 Å². The molecule has 0 saturated heterocycles. The fourth-order valence-corrected chi connectivity index (χ4v) is 7.33. The lowest BCUT2D eigenvalue weighted by Gasteiger charge is -2.28. The molecule has 0 saturated carbocycles. The Bertz CT molecular complexity index is 2070. The number of para-hydroxylation sites is 1. The van der Waals surface area contributed by atoms with Crippen molar-refractivity contribution in [1.82, 2.24) is 0 Å². The first-order valence-electron chi connectivity index (χ1n) is 15.9. The van der Waals surface area contributed by atoms with Gasteiger partial charge in [-0.2, -0.15) is 13.2 Å². The van der Waals surface area contributed by atoms with Crippen molar-refractivity contribution in [3.8, 4) is 11.1 Å². The summed E-state index contributed by atoms with van der Waals surface area (Å²) in [6.07, 6.45) is -4.36. The van der Waals surface area contributed by atoms with E-state index in [1.807, 2.05) is 24.1 Å². The molecule has 0 radical (unpaired) electrons. The molecule has 0 fully saturated rings. The van der Waals surface area contributed by atoms with Gasteiger partial charge in [0, 0.05) is 50.7 Å². The maximum Gasteiger partial charge on any atom is 0.416 e. The summed E-state index contributed by atoms with van der Waals surface area (Å²) in [6, 6.07) is 46.1. The lowest BCUT2D eigenvalue weighted by molar-refractivity contribution is -0.137. The van der Waals surface area contributed by atoms with E-state index in [4.69, 9.17) is 0 Å². The van der Waals surface area contributed by atoms with E-state index in [1.54, 1.807) is 11.8 Å². The quantitative estimate of drug-likeness (QED) is 0.169. The van der Waals surface area contributed by atoms with Gasteiger partial charge in [-0.15, -0.1) is 0 Å². The molecule has 2 nitrogen and oxygen atoms in total. The van der Waals surface area contributed by atoms with Crippen molar-refractivity contribution in [2.24, 2.45) is 0 Å². The van der Waals surface area contributed by atoms with Crippen molar-refractivity contribution >= 4 is 40.2 Å². The third kappa shape index (κ3) is 5.97. The molecule has 0 aromatic heterocycles. The Kier molecular flexibility index (Phi) is 8.08. The number of benzene rings is 6. The molecule has 1 aliphatic carbocycles. The summed E-state index contributed by atoms with van der Waals surface area (Å²) >= 11 is 1.75. The average molecular weight is 657 g/mol. The molecule has 48 heavy (non-hydrogen) atoms. The minimum atomic E-state index is -4.36. The number of fused-ring (bicyclic) bond motifs is 3. The monoisotopic (exact) mass is 656 g/mol. The first kappa shape index (κ1) is 31.6. The van der Waals surface area contributed by atoms with Crippen LogP contribution in [0.5, 0.6) is 0 Å². The van der Waals surface area contributed by atoms with E-state index >= 15 is 0 Å². The molecule has 7 rings (SSSR count). The molecule has 0 unspecified atom stereocenters. The van der Waals surface area contributed by atoms with Crippen LogP contribution in [0.2, 0.25) is 0 Å². The third-order valence-electron chi connectivity index (χ3n) is 9.24. The molecule has 0 heterocycles. The molecule has 0 aliphatic heterocycles. The number of aryl methyl sites for hydroxylation is 1. The summed E-state index contributed by atoms with van der Waals surface area (Å²) in [7, 11) is 1.89. The summed E-state index contributed by atoms with van der Waals surface area (Å²) in [5.74, 6) is 0. The number of alkyl halides is 3. The minimum Gasteiger partial charge on any atom is -0.345 e. The first-order chi connectivity index (χ1) is 23.0. The highest BCUT2D eigenvalue weighted by molar-refractivity contribution is 7.99. The predicted molar refractivity (Wildman–Crippen MR) is 193 cm³/mol. The van der Waals surface area contributed by atoms with Gasteiger partial charge in [-0.25, -0.2) is 0 Å². The lowest BCUT2D eigenvalue weighted by Crippen LogP contribution is -2.17. The average Bonchev–Trinajstić information content (AvgIpc) is 3.31. The minimum absolute atomic E-state index is 0.297. The van der Waals surface area contributed by atoms with Crippen LogP contribution in [-0.2, 0) is 11.6 Å². The number of hydrogen-bond donors (Lipinski definition) is 0. The summed E-state index contributed by atoms with van der Waals surface area (Å²) in [4.78, 5) is 6.62. The van der Waals surface area contributed by atoms with Gasteiger partial charge in [0.2, 0.25) is 0 Å². The summed E-state index contributed by atoms with van der Waals surface area (Å²) < 4.78 is 39.5. The fourth-order valence-electron chi connectivity index (χ4n) is 6.51. The van der Waals surface area contributed by atoms with E-state index in [2.05, 4.69) is 129 Å². The van der Waals surface area contributed by atoms with Gasteiger partial charge in [-0.3, -0.25) is 0 Å². The van der Waals surface area contributed by atoms with E-state index in [1.165, 1.54) is 49.7 Å². The number of hydrogen-bond acceptors (Lipinski definition) is 3. The number of halogens is 3. The summed E-state index contributed by atoms with van der Waals surface area (Å²) in [5, 5.41) is 0. The van der Waals surface area contributed by atoms with Crippen LogP contribution in [0.4, 0.5) is 41.6 Å². The Hall–Kier alpha value is -4.94. The van der Waals surface area contributed by atoms with Crippen molar-refractivity contribution in [2.75, 3.05) is 16.8 Å². The van der Waals surface area contributed by atoms with E-state index in [0.717, 1.165) is 34.9 Å². The van der Waals surface area contributed by atoms with E-state index in [-0.39, 0.29) is 5.41 Å². The van der Waals surface area contributed by atoms with Crippen LogP contribution in [0.3, 0.4) is 0 Å². The van der Waals surface area contributed by atoms with Gasteiger partial charge in [0.1, 0.15) is 0 Å². The number of anilines is 5. The second-order valence-corrected chi connectivity index (χ2v) is 13.9. The fraction of sp³-hybridized carbons (Fsp3) is 0.143. The second kappa shape index (κ2) is 12.3. The highest BCUT2D eigenvalue weighted by atomic mass is 32.2. The summed E-state index contributed by atoms with van der Waals surface area (Å²) in [5.41, 5.74) is 9.93.